The van der Waals surface area contributed by atoms with Gasteiger partial charge >= 0.3 is 0 Å². The summed E-state index contributed by atoms with van der Waals surface area (Å²) in [6, 6.07) is 12.5. The highest BCUT2D eigenvalue weighted by Gasteiger charge is 2.13. The molecule has 0 fully saturated rings. The van der Waals surface area contributed by atoms with Crippen molar-refractivity contribution in [2.24, 2.45) is 0 Å². The Morgan fingerprint density at radius 3 is 2.95 bits per heavy atom. The molecule has 2 aliphatic heterocycles. The van der Waals surface area contributed by atoms with Crippen LogP contribution in [0.3, 0.4) is 0 Å². The number of allylic oxidation sites excluding steroid dienone is 5. The first kappa shape index (κ1) is 11.2. The maximum atomic E-state index is 4.76. The molecule has 2 aliphatic rings. The lowest BCUT2D eigenvalue weighted by Gasteiger charge is -2.26. The number of para-hydroxylation sites is 1. The van der Waals surface area contributed by atoms with Crippen LogP contribution in [0.25, 0.3) is 16.5 Å². The van der Waals surface area contributed by atoms with Gasteiger partial charge in [-0.3, -0.25) is 0 Å². The summed E-state index contributed by atoms with van der Waals surface area (Å²) < 4.78 is 0. The van der Waals surface area contributed by atoms with Crippen LogP contribution >= 0.6 is 0 Å². The molecule has 0 atom stereocenters. The molecule has 0 saturated carbocycles. The molecule has 1 aromatic heterocycles. The smallest absolute Gasteiger partial charge is 0.0709 e. The standard InChI is InChI=1S/C18H14N2/c1-2-7-17-14(5-1)8-9-18(19-17)15-10-12-20-11-4-3-6-16(20)13-15/h1-11,13H,12H2. The second kappa shape index (κ2) is 4.49. The highest BCUT2D eigenvalue weighted by molar-refractivity contribution is 5.83. The quantitative estimate of drug-likeness (QED) is 0.771. The SMILES string of the molecule is C1=CC2=CC(c3ccc4ccccc4n3)=CCN2C=C1. The molecule has 2 heteroatoms. The number of rotatable bonds is 1. The molecular formula is C18H14N2. The Morgan fingerprint density at radius 2 is 1.95 bits per heavy atom. The summed E-state index contributed by atoms with van der Waals surface area (Å²) in [6.45, 7) is 0.899. The topological polar surface area (TPSA) is 16.1 Å². The first-order valence-corrected chi connectivity index (χ1v) is 6.80. The van der Waals surface area contributed by atoms with Crippen molar-refractivity contribution in [3.8, 4) is 0 Å². The number of aromatic nitrogens is 1. The molecule has 3 heterocycles. The molecule has 0 spiro atoms. The fourth-order valence-corrected chi connectivity index (χ4v) is 2.61. The lowest BCUT2D eigenvalue weighted by molar-refractivity contribution is 0.525. The fraction of sp³-hybridized carbons (Fsp3) is 0.0556. The maximum Gasteiger partial charge on any atom is 0.0709 e. The van der Waals surface area contributed by atoms with Crippen LogP contribution in [-0.2, 0) is 0 Å². The zero-order valence-corrected chi connectivity index (χ0v) is 11.0. The Kier molecular flexibility index (Phi) is 2.52. The second-order valence-corrected chi connectivity index (χ2v) is 4.97. The predicted molar refractivity (Wildman–Crippen MR) is 82.8 cm³/mol. The first-order valence-electron chi connectivity index (χ1n) is 6.80. The van der Waals surface area contributed by atoms with Gasteiger partial charge in [0.1, 0.15) is 0 Å². The number of hydrogen-bond acceptors (Lipinski definition) is 2. The molecule has 0 N–H and O–H groups in total. The van der Waals surface area contributed by atoms with E-state index in [2.05, 4.69) is 65.7 Å². The highest BCUT2D eigenvalue weighted by Crippen LogP contribution is 2.26. The van der Waals surface area contributed by atoms with Gasteiger partial charge in [-0.1, -0.05) is 36.4 Å². The van der Waals surface area contributed by atoms with Crippen molar-refractivity contribution in [2.75, 3.05) is 6.54 Å². The summed E-state index contributed by atoms with van der Waals surface area (Å²) in [5.41, 5.74) is 4.51. The summed E-state index contributed by atoms with van der Waals surface area (Å²) in [6.07, 6.45) is 12.8. The normalized spacial score (nSPS) is 16.9. The van der Waals surface area contributed by atoms with Gasteiger partial charge < -0.3 is 4.90 Å². The zero-order chi connectivity index (χ0) is 13.4. The Bertz CT molecular complexity index is 794. The molecule has 0 amide bonds. The van der Waals surface area contributed by atoms with E-state index >= 15 is 0 Å². The molecule has 96 valence electrons. The largest absolute Gasteiger partial charge is 0.344 e. The molecule has 0 unspecified atom stereocenters. The van der Waals surface area contributed by atoms with Crippen LogP contribution < -0.4 is 0 Å². The lowest BCUT2D eigenvalue weighted by Crippen LogP contribution is -2.20. The molecule has 2 aromatic rings. The van der Waals surface area contributed by atoms with Crippen molar-refractivity contribution in [1.82, 2.24) is 9.88 Å². The predicted octanol–water partition coefficient (Wildman–Crippen LogP) is 3.90. The van der Waals surface area contributed by atoms with Gasteiger partial charge in [0.25, 0.3) is 0 Å². The average molecular weight is 258 g/mol. The van der Waals surface area contributed by atoms with E-state index < -0.39 is 0 Å². The Hall–Kier alpha value is -2.61. The van der Waals surface area contributed by atoms with Gasteiger partial charge in [-0.25, -0.2) is 4.98 Å². The Labute approximate surface area is 118 Å². The van der Waals surface area contributed by atoms with E-state index in [1.807, 2.05) is 12.1 Å². The van der Waals surface area contributed by atoms with Crippen molar-refractivity contribution in [3.63, 3.8) is 0 Å². The van der Waals surface area contributed by atoms with E-state index in [0.717, 1.165) is 17.8 Å². The van der Waals surface area contributed by atoms with E-state index in [4.69, 9.17) is 4.98 Å². The van der Waals surface area contributed by atoms with E-state index in [9.17, 15) is 0 Å². The number of fused-ring (bicyclic) bond motifs is 2. The number of benzene rings is 1. The summed E-state index contributed by atoms with van der Waals surface area (Å²) in [5, 5.41) is 1.18. The molecular weight excluding hydrogens is 244 g/mol. The van der Waals surface area contributed by atoms with E-state index in [1.54, 1.807) is 0 Å². The van der Waals surface area contributed by atoms with Gasteiger partial charge in [0.05, 0.1) is 11.2 Å². The van der Waals surface area contributed by atoms with E-state index in [1.165, 1.54) is 16.7 Å². The molecule has 4 rings (SSSR count). The van der Waals surface area contributed by atoms with Gasteiger partial charge in [-0.05, 0) is 35.9 Å². The van der Waals surface area contributed by atoms with Crippen molar-refractivity contribution in [1.29, 1.82) is 0 Å². The van der Waals surface area contributed by atoms with Crippen LogP contribution in [0, 0.1) is 0 Å². The van der Waals surface area contributed by atoms with Crippen LogP contribution in [0.1, 0.15) is 5.69 Å². The van der Waals surface area contributed by atoms with Crippen molar-refractivity contribution < 1.29 is 0 Å². The van der Waals surface area contributed by atoms with Crippen LogP contribution in [0.2, 0.25) is 0 Å². The van der Waals surface area contributed by atoms with Gasteiger partial charge in [-0.2, -0.15) is 0 Å². The number of hydrogen-bond donors (Lipinski definition) is 0. The van der Waals surface area contributed by atoms with Gasteiger partial charge in [0, 0.05) is 23.8 Å². The first-order chi connectivity index (χ1) is 9.90. The Morgan fingerprint density at radius 1 is 1.00 bits per heavy atom. The fourth-order valence-electron chi connectivity index (χ4n) is 2.61. The summed E-state index contributed by atoms with van der Waals surface area (Å²) in [5.74, 6) is 0. The monoisotopic (exact) mass is 258 g/mol. The van der Waals surface area contributed by atoms with Gasteiger partial charge in [-0.15, -0.1) is 0 Å². The minimum absolute atomic E-state index is 0.899. The summed E-state index contributed by atoms with van der Waals surface area (Å²) >= 11 is 0. The lowest BCUT2D eigenvalue weighted by atomic mass is 10.0. The minimum atomic E-state index is 0.899. The van der Waals surface area contributed by atoms with E-state index in [-0.39, 0.29) is 0 Å². The number of nitrogens with zero attached hydrogens (tertiary/aromatic N) is 2. The third kappa shape index (κ3) is 1.86. The van der Waals surface area contributed by atoms with Crippen LogP contribution in [-0.4, -0.2) is 16.4 Å². The van der Waals surface area contributed by atoms with Crippen molar-refractivity contribution >= 4 is 16.5 Å². The highest BCUT2D eigenvalue weighted by atomic mass is 15.1. The van der Waals surface area contributed by atoms with Crippen LogP contribution in [0.5, 0.6) is 0 Å². The average Bonchev–Trinajstić information content (AvgIpc) is 2.54. The third-order valence-electron chi connectivity index (χ3n) is 3.68. The molecule has 2 nitrogen and oxygen atoms in total. The van der Waals surface area contributed by atoms with Crippen LogP contribution in [0.15, 0.2) is 78.7 Å². The van der Waals surface area contributed by atoms with E-state index in [0.29, 0.717) is 0 Å². The molecule has 1 aromatic carbocycles. The molecule has 0 aliphatic carbocycles. The molecule has 0 saturated heterocycles. The summed E-state index contributed by atoms with van der Waals surface area (Å²) in [7, 11) is 0. The third-order valence-corrected chi connectivity index (χ3v) is 3.68. The van der Waals surface area contributed by atoms with Gasteiger partial charge in [0.15, 0.2) is 0 Å². The molecule has 20 heavy (non-hydrogen) atoms. The van der Waals surface area contributed by atoms with Crippen molar-refractivity contribution in [3.05, 3.63) is 84.4 Å². The van der Waals surface area contributed by atoms with Crippen molar-refractivity contribution in [2.45, 2.75) is 0 Å². The zero-order valence-electron chi connectivity index (χ0n) is 11.0. The van der Waals surface area contributed by atoms with Gasteiger partial charge in [0.2, 0.25) is 0 Å². The second-order valence-electron chi connectivity index (χ2n) is 4.97. The Balaban J connectivity index is 1.76. The molecule has 0 bridgehead atoms. The minimum Gasteiger partial charge on any atom is -0.344 e. The molecule has 0 radical (unpaired) electrons. The maximum absolute atomic E-state index is 4.76. The van der Waals surface area contributed by atoms with Crippen LogP contribution in [0.4, 0.5) is 0 Å². The summed E-state index contributed by atoms with van der Waals surface area (Å²) in [4.78, 5) is 6.99. The number of pyridine rings is 1.